The van der Waals surface area contributed by atoms with Gasteiger partial charge in [-0.2, -0.15) is 0 Å². The van der Waals surface area contributed by atoms with Crippen molar-refractivity contribution in [3.8, 4) is 5.75 Å². The van der Waals surface area contributed by atoms with Crippen LogP contribution in [0.25, 0.3) is 11.0 Å². The molecule has 16 heavy (non-hydrogen) atoms. The van der Waals surface area contributed by atoms with E-state index in [9.17, 15) is 14.4 Å². The van der Waals surface area contributed by atoms with Crippen molar-refractivity contribution in [2.45, 2.75) is 6.92 Å². The van der Waals surface area contributed by atoms with Crippen molar-refractivity contribution in [2.75, 3.05) is 0 Å². The van der Waals surface area contributed by atoms with E-state index in [1.54, 1.807) is 12.1 Å². The second-order valence-electron chi connectivity index (χ2n) is 3.18. The van der Waals surface area contributed by atoms with Crippen LogP contribution >= 0.6 is 0 Å². The van der Waals surface area contributed by atoms with Crippen molar-refractivity contribution in [3.63, 3.8) is 0 Å². The summed E-state index contributed by atoms with van der Waals surface area (Å²) in [5.74, 6) is -0.294. The zero-order valence-corrected chi connectivity index (χ0v) is 8.37. The summed E-state index contributed by atoms with van der Waals surface area (Å²) in [6.07, 6.45) is 0. The van der Waals surface area contributed by atoms with Gasteiger partial charge in [0, 0.05) is 6.92 Å². The Bertz CT molecular complexity index is 668. The van der Waals surface area contributed by atoms with Gasteiger partial charge < -0.3 is 14.7 Å². The number of benzene rings is 1. The van der Waals surface area contributed by atoms with E-state index >= 15 is 0 Å². The maximum Gasteiger partial charge on any atom is 0.314 e. The molecule has 1 aromatic heterocycles. The molecule has 0 fully saturated rings. The van der Waals surface area contributed by atoms with E-state index in [1.807, 2.05) is 0 Å². The fraction of sp³-hybridized carbons (Fsp3) is 0.100. The second kappa shape index (κ2) is 3.65. The molecule has 0 aliphatic rings. The highest BCUT2D eigenvalue weighted by Crippen LogP contribution is 2.20. The first-order valence-electron chi connectivity index (χ1n) is 4.51. The van der Waals surface area contributed by atoms with Crippen LogP contribution in [-0.4, -0.2) is 15.9 Å². The van der Waals surface area contributed by atoms with E-state index in [1.165, 1.54) is 13.0 Å². The molecule has 1 aromatic carbocycles. The molecule has 0 saturated carbocycles. The van der Waals surface area contributed by atoms with Gasteiger partial charge in [0.05, 0.1) is 5.52 Å². The lowest BCUT2D eigenvalue weighted by molar-refractivity contribution is -0.131. The number of ether oxygens (including phenoxy) is 1. The Morgan fingerprint density at radius 2 is 1.88 bits per heavy atom. The summed E-state index contributed by atoms with van der Waals surface area (Å²) in [6.45, 7) is 1.25. The molecule has 2 rings (SSSR count). The zero-order valence-electron chi connectivity index (χ0n) is 8.37. The number of aromatic amines is 2. The fourth-order valence-corrected chi connectivity index (χ4v) is 1.35. The molecule has 82 valence electrons. The molecule has 2 N–H and O–H groups in total. The van der Waals surface area contributed by atoms with Crippen molar-refractivity contribution >= 4 is 17.0 Å². The number of aromatic nitrogens is 2. The first-order valence-corrected chi connectivity index (χ1v) is 4.51. The number of nitrogens with one attached hydrogen (secondary N) is 2. The van der Waals surface area contributed by atoms with Crippen LogP contribution in [0.15, 0.2) is 27.8 Å². The third kappa shape index (κ3) is 1.72. The second-order valence-corrected chi connectivity index (χ2v) is 3.18. The predicted octanol–water partition coefficient (Wildman–Crippen LogP) is 0.142. The van der Waals surface area contributed by atoms with E-state index in [4.69, 9.17) is 4.74 Å². The summed E-state index contributed by atoms with van der Waals surface area (Å²) in [7, 11) is 0. The van der Waals surface area contributed by atoms with Gasteiger partial charge >= 0.3 is 17.1 Å². The number of H-pyrrole nitrogens is 2. The third-order valence-corrected chi connectivity index (χ3v) is 1.97. The van der Waals surface area contributed by atoms with Crippen LogP contribution in [-0.2, 0) is 4.79 Å². The average Bonchev–Trinajstić information content (AvgIpc) is 2.20. The number of rotatable bonds is 1. The first kappa shape index (κ1) is 10.2. The monoisotopic (exact) mass is 220 g/mol. The number of carbonyl (C=O) groups is 1. The normalized spacial score (nSPS) is 10.3. The maximum absolute atomic E-state index is 11.1. The van der Waals surface area contributed by atoms with Crippen molar-refractivity contribution in [3.05, 3.63) is 38.9 Å². The molecule has 0 aliphatic heterocycles. The standard InChI is InChI=1S/C10H8N2O4/c1-5(13)16-7-4-2-3-6-8(7)12-10(15)9(14)11-6/h2-4H,1H3,(H,11,14)(H,12,15). The van der Waals surface area contributed by atoms with Gasteiger partial charge in [-0.3, -0.25) is 14.4 Å². The molecular formula is C10H8N2O4. The molecule has 0 unspecified atom stereocenters. The summed E-state index contributed by atoms with van der Waals surface area (Å²) in [4.78, 5) is 37.7. The Balaban J connectivity index is 2.76. The summed E-state index contributed by atoms with van der Waals surface area (Å²) < 4.78 is 4.89. The van der Waals surface area contributed by atoms with Gasteiger partial charge in [0.15, 0.2) is 5.75 Å². The Labute approximate surface area is 88.9 Å². The van der Waals surface area contributed by atoms with Gasteiger partial charge in [-0.05, 0) is 12.1 Å². The highest BCUT2D eigenvalue weighted by Gasteiger charge is 2.06. The zero-order chi connectivity index (χ0) is 11.7. The number of hydrogen-bond acceptors (Lipinski definition) is 4. The van der Waals surface area contributed by atoms with Gasteiger partial charge in [-0.1, -0.05) is 6.07 Å². The van der Waals surface area contributed by atoms with Crippen molar-refractivity contribution < 1.29 is 9.53 Å². The van der Waals surface area contributed by atoms with Crippen LogP contribution in [0.3, 0.4) is 0 Å². The minimum atomic E-state index is -0.785. The summed E-state index contributed by atoms with van der Waals surface area (Å²) in [5, 5.41) is 0. The summed E-state index contributed by atoms with van der Waals surface area (Å²) in [6, 6.07) is 4.73. The van der Waals surface area contributed by atoms with Gasteiger partial charge in [0.25, 0.3) is 0 Å². The van der Waals surface area contributed by atoms with E-state index in [0.29, 0.717) is 11.0 Å². The molecule has 2 aromatic rings. The van der Waals surface area contributed by atoms with Gasteiger partial charge in [0.1, 0.15) is 5.52 Å². The SMILES string of the molecule is CC(=O)Oc1cccc2[nH]c(=O)c(=O)[nH]c12. The topological polar surface area (TPSA) is 92.0 Å². The lowest BCUT2D eigenvalue weighted by Gasteiger charge is -2.04. The van der Waals surface area contributed by atoms with Crippen molar-refractivity contribution in [1.82, 2.24) is 9.97 Å². The Hall–Kier alpha value is -2.37. The smallest absolute Gasteiger partial charge is 0.314 e. The third-order valence-electron chi connectivity index (χ3n) is 1.97. The largest absolute Gasteiger partial charge is 0.424 e. The molecular weight excluding hydrogens is 212 g/mol. The Kier molecular flexibility index (Phi) is 2.32. The molecule has 0 amide bonds. The maximum atomic E-state index is 11.1. The molecule has 0 spiro atoms. The molecule has 0 radical (unpaired) electrons. The van der Waals surface area contributed by atoms with Crippen LogP contribution in [0.2, 0.25) is 0 Å². The minimum absolute atomic E-state index is 0.207. The number of para-hydroxylation sites is 1. The molecule has 1 heterocycles. The molecule has 0 saturated heterocycles. The van der Waals surface area contributed by atoms with Crippen molar-refractivity contribution in [2.24, 2.45) is 0 Å². The molecule has 6 heteroatoms. The van der Waals surface area contributed by atoms with Gasteiger partial charge in [0.2, 0.25) is 0 Å². The highest BCUT2D eigenvalue weighted by atomic mass is 16.5. The minimum Gasteiger partial charge on any atom is -0.424 e. The molecule has 0 bridgehead atoms. The van der Waals surface area contributed by atoms with Gasteiger partial charge in [-0.15, -0.1) is 0 Å². The number of carbonyl (C=O) groups excluding carboxylic acids is 1. The Morgan fingerprint density at radius 1 is 1.19 bits per heavy atom. The summed E-state index contributed by atoms with van der Waals surface area (Å²) >= 11 is 0. The van der Waals surface area contributed by atoms with E-state index < -0.39 is 17.1 Å². The van der Waals surface area contributed by atoms with Crippen LogP contribution in [0.1, 0.15) is 6.92 Å². The van der Waals surface area contributed by atoms with E-state index in [0.717, 1.165) is 0 Å². The number of fused-ring (bicyclic) bond motifs is 1. The van der Waals surface area contributed by atoms with Gasteiger partial charge in [-0.25, -0.2) is 0 Å². The highest BCUT2D eigenvalue weighted by molar-refractivity contribution is 5.83. The quantitative estimate of drug-likeness (QED) is 0.406. The van der Waals surface area contributed by atoms with Crippen LogP contribution in [0, 0.1) is 0 Å². The van der Waals surface area contributed by atoms with E-state index in [2.05, 4.69) is 9.97 Å². The van der Waals surface area contributed by atoms with Crippen LogP contribution in [0.4, 0.5) is 0 Å². The molecule has 0 atom stereocenters. The lowest BCUT2D eigenvalue weighted by Crippen LogP contribution is -2.29. The first-order chi connectivity index (χ1) is 7.58. The molecule has 6 nitrogen and oxygen atoms in total. The van der Waals surface area contributed by atoms with Crippen LogP contribution in [0.5, 0.6) is 5.75 Å². The lowest BCUT2D eigenvalue weighted by atomic mass is 10.3. The van der Waals surface area contributed by atoms with Crippen molar-refractivity contribution in [1.29, 1.82) is 0 Å². The number of esters is 1. The van der Waals surface area contributed by atoms with E-state index in [-0.39, 0.29) is 5.75 Å². The number of hydrogen-bond donors (Lipinski definition) is 2. The summed E-state index contributed by atoms with van der Waals surface area (Å²) in [5.41, 5.74) is -0.828. The predicted molar refractivity (Wildman–Crippen MR) is 56.5 cm³/mol. The molecule has 0 aliphatic carbocycles. The average molecular weight is 220 g/mol. The van der Waals surface area contributed by atoms with Crippen LogP contribution < -0.4 is 15.9 Å². The fourth-order valence-electron chi connectivity index (χ4n) is 1.35. The Morgan fingerprint density at radius 3 is 2.56 bits per heavy atom.